The normalized spacial score (nSPS) is 27.4. The molecular formula is C21H27N2O5+. The molecule has 7 nitrogen and oxygen atoms in total. The van der Waals surface area contributed by atoms with Crippen LogP contribution < -0.4 is 0 Å². The van der Waals surface area contributed by atoms with E-state index < -0.39 is 5.91 Å². The Kier molecular flexibility index (Phi) is 5.33. The van der Waals surface area contributed by atoms with Crippen LogP contribution in [0.4, 0.5) is 0 Å². The lowest BCUT2D eigenvalue weighted by molar-refractivity contribution is -0.964. The second kappa shape index (κ2) is 7.75. The molecule has 28 heavy (non-hydrogen) atoms. The van der Waals surface area contributed by atoms with Crippen molar-refractivity contribution >= 4 is 6.41 Å². The summed E-state index contributed by atoms with van der Waals surface area (Å²) in [5.74, 6) is 0.405. The number of benzene rings is 1. The van der Waals surface area contributed by atoms with Crippen LogP contribution in [0.1, 0.15) is 24.8 Å². The van der Waals surface area contributed by atoms with Gasteiger partial charge in [0.05, 0.1) is 31.6 Å². The zero-order valence-corrected chi connectivity index (χ0v) is 16.4. The number of quaternary nitrogens is 1. The van der Waals surface area contributed by atoms with E-state index in [0.29, 0.717) is 45.2 Å². The molecule has 2 aliphatic rings. The van der Waals surface area contributed by atoms with E-state index in [1.165, 1.54) is 0 Å². The number of morpholine rings is 1. The molecule has 0 N–H and O–H groups in total. The number of hydrogen-bond acceptors (Lipinski definition) is 6. The number of aryl methyl sites for hydroxylation is 1. The molecule has 0 bridgehead atoms. The highest BCUT2D eigenvalue weighted by Gasteiger charge is 2.54. The third-order valence-corrected chi connectivity index (χ3v) is 5.81. The molecule has 0 saturated carbocycles. The van der Waals surface area contributed by atoms with Gasteiger partial charge in [0.2, 0.25) is 5.89 Å². The fourth-order valence-corrected chi connectivity index (χ4v) is 3.97. The number of oxazole rings is 1. The molecule has 1 aromatic carbocycles. The molecule has 0 aliphatic carbocycles. The molecule has 3 heterocycles. The van der Waals surface area contributed by atoms with E-state index >= 15 is 0 Å². The lowest BCUT2D eigenvalue weighted by Gasteiger charge is -2.49. The highest BCUT2D eigenvalue weighted by atomic mass is 16.7. The topological polar surface area (TPSA) is 70.8 Å². The lowest BCUT2D eigenvalue weighted by atomic mass is 10.1. The summed E-state index contributed by atoms with van der Waals surface area (Å²) in [6.07, 6.45) is 2.22. The van der Waals surface area contributed by atoms with Crippen molar-refractivity contribution in [2.45, 2.75) is 38.7 Å². The third-order valence-electron chi connectivity index (χ3n) is 5.81. The van der Waals surface area contributed by atoms with E-state index in [-0.39, 0.29) is 10.6 Å². The van der Waals surface area contributed by atoms with Gasteiger partial charge >= 0.3 is 12.3 Å². The maximum absolute atomic E-state index is 12.0. The second-order valence-electron chi connectivity index (χ2n) is 7.57. The van der Waals surface area contributed by atoms with Crippen molar-refractivity contribution in [3.8, 4) is 11.5 Å². The average molecular weight is 387 g/mol. The van der Waals surface area contributed by atoms with Crippen LogP contribution in [0.5, 0.6) is 0 Å². The first-order chi connectivity index (χ1) is 13.6. The Labute approximate surface area is 164 Å². The number of rotatable bonds is 5. The summed E-state index contributed by atoms with van der Waals surface area (Å²) in [7, 11) is 0. The SMILES string of the molecule is Cc1oc(-c2ccccc2)nc1CC1CCOC(C)([N+]2(C=O)CCOCC2)O1. The monoisotopic (exact) mass is 387 g/mol. The average Bonchev–Trinajstić information content (AvgIpc) is 3.09. The number of aromatic nitrogens is 1. The van der Waals surface area contributed by atoms with E-state index in [9.17, 15) is 4.79 Å². The Bertz CT molecular complexity index is 815. The van der Waals surface area contributed by atoms with Gasteiger partial charge in [0.15, 0.2) is 0 Å². The minimum absolute atomic E-state index is 0.0935. The van der Waals surface area contributed by atoms with Crippen LogP contribution in [0.15, 0.2) is 34.7 Å². The first-order valence-electron chi connectivity index (χ1n) is 9.80. The molecule has 2 aromatic rings. The quantitative estimate of drug-likeness (QED) is 0.580. The van der Waals surface area contributed by atoms with Crippen LogP contribution in [-0.4, -0.2) is 60.8 Å². The predicted octanol–water partition coefficient (Wildman–Crippen LogP) is 2.68. The van der Waals surface area contributed by atoms with Gasteiger partial charge in [-0.1, -0.05) is 18.2 Å². The zero-order valence-electron chi connectivity index (χ0n) is 16.4. The van der Waals surface area contributed by atoms with Crippen LogP contribution in [0.25, 0.3) is 11.5 Å². The number of carbonyl (C=O) groups is 1. The maximum Gasteiger partial charge on any atom is 0.323 e. The highest BCUT2D eigenvalue weighted by molar-refractivity contribution is 5.53. The molecule has 0 radical (unpaired) electrons. The molecule has 4 rings (SSSR count). The van der Waals surface area contributed by atoms with Gasteiger partial charge in [-0.2, -0.15) is 0 Å². The van der Waals surface area contributed by atoms with Crippen molar-refractivity contribution in [3.63, 3.8) is 0 Å². The molecule has 2 fully saturated rings. The van der Waals surface area contributed by atoms with Crippen LogP contribution in [0.3, 0.4) is 0 Å². The van der Waals surface area contributed by atoms with Gasteiger partial charge in [0, 0.05) is 18.9 Å². The molecule has 0 spiro atoms. The van der Waals surface area contributed by atoms with Crippen molar-refractivity contribution in [2.24, 2.45) is 0 Å². The van der Waals surface area contributed by atoms with Crippen molar-refractivity contribution in [3.05, 3.63) is 41.8 Å². The van der Waals surface area contributed by atoms with E-state index in [4.69, 9.17) is 18.6 Å². The van der Waals surface area contributed by atoms with Gasteiger partial charge in [-0.15, -0.1) is 0 Å². The Morgan fingerprint density at radius 3 is 2.68 bits per heavy atom. The smallest absolute Gasteiger partial charge is 0.323 e. The minimum Gasteiger partial charge on any atom is -0.441 e. The molecule has 1 aromatic heterocycles. The maximum atomic E-state index is 12.0. The van der Waals surface area contributed by atoms with E-state index in [0.717, 1.165) is 29.8 Å². The predicted molar refractivity (Wildman–Crippen MR) is 101 cm³/mol. The number of amides is 1. The summed E-state index contributed by atoms with van der Waals surface area (Å²) in [5.41, 5.74) is 1.83. The number of carbonyl (C=O) groups excluding carboxylic acids is 1. The Morgan fingerprint density at radius 2 is 1.96 bits per heavy atom. The first-order valence-corrected chi connectivity index (χ1v) is 9.80. The van der Waals surface area contributed by atoms with Gasteiger partial charge in [-0.25, -0.2) is 14.3 Å². The molecular weight excluding hydrogens is 360 g/mol. The van der Waals surface area contributed by atoms with Crippen molar-refractivity contribution in [1.29, 1.82) is 0 Å². The lowest BCUT2D eigenvalue weighted by Crippen LogP contribution is -2.70. The summed E-state index contributed by atoms with van der Waals surface area (Å²) in [6.45, 7) is 6.47. The summed E-state index contributed by atoms with van der Waals surface area (Å²) < 4.78 is 23.8. The first kappa shape index (κ1) is 19.3. The summed E-state index contributed by atoms with van der Waals surface area (Å²) in [6, 6.07) is 9.86. The number of ether oxygens (including phenoxy) is 3. The van der Waals surface area contributed by atoms with Gasteiger partial charge in [-0.3, -0.25) is 4.74 Å². The molecule has 1 amide bonds. The molecule has 2 atom stereocenters. The van der Waals surface area contributed by atoms with Gasteiger partial charge in [0.1, 0.15) is 18.8 Å². The van der Waals surface area contributed by atoms with Gasteiger partial charge < -0.3 is 13.9 Å². The Morgan fingerprint density at radius 1 is 1.21 bits per heavy atom. The highest BCUT2D eigenvalue weighted by Crippen LogP contribution is 2.34. The van der Waals surface area contributed by atoms with Crippen LogP contribution in [-0.2, 0) is 25.4 Å². The van der Waals surface area contributed by atoms with Crippen molar-refractivity contribution < 1.29 is 27.9 Å². The van der Waals surface area contributed by atoms with Gasteiger partial charge in [-0.05, 0) is 25.5 Å². The van der Waals surface area contributed by atoms with Crippen molar-refractivity contribution in [2.75, 3.05) is 32.9 Å². The largest absolute Gasteiger partial charge is 0.441 e. The zero-order chi connectivity index (χ0) is 19.6. The summed E-state index contributed by atoms with van der Waals surface area (Å²) >= 11 is 0. The van der Waals surface area contributed by atoms with Crippen LogP contribution in [0, 0.1) is 6.92 Å². The van der Waals surface area contributed by atoms with E-state index in [1.54, 1.807) is 0 Å². The van der Waals surface area contributed by atoms with Gasteiger partial charge in [0.25, 0.3) is 0 Å². The molecule has 2 unspecified atom stereocenters. The Balaban J connectivity index is 1.51. The summed E-state index contributed by atoms with van der Waals surface area (Å²) in [5, 5.41) is 0. The standard InChI is InChI=1S/C21H27N2O5/c1-16-19(22-20(27-16)17-6-4-3-5-7-17)14-18-8-11-26-21(2,28-18)23(15-24)9-12-25-13-10-23/h3-7,15,18H,8-14H2,1-2H3/q+1. The summed E-state index contributed by atoms with van der Waals surface area (Å²) in [4.78, 5) is 16.7. The third kappa shape index (κ3) is 3.51. The number of hydrogen-bond donors (Lipinski definition) is 0. The molecule has 2 saturated heterocycles. The Hall–Kier alpha value is -2.06. The second-order valence-corrected chi connectivity index (χ2v) is 7.57. The fourth-order valence-electron chi connectivity index (χ4n) is 3.97. The van der Waals surface area contributed by atoms with Crippen LogP contribution >= 0.6 is 0 Å². The molecule has 150 valence electrons. The van der Waals surface area contributed by atoms with Crippen molar-refractivity contribution in [1.82, 2.24) is 4.98 Å². The van der Waals surface area contributed by atoms with E-state index in [2.05, 4.69) is 4.98 Å². The van der Waals surface area contributed by atoms with Crippen LogP contribution in [0.2, 0.25) is 0 Å². The molecule has 2 aliphatic heterocycles. The number of nitrogens with zero attached hydrogens (tertiary/aromatic N) is 2. The molecule has 7 heteroatoms. The fraction of sp³-hybridized carbons (Fsp3) is 0.524. The van der Waals surface area contributed by atoms with E-state index in [1.807, 2.05) is 44.2 Å². The minimum atomic E-state index is -1.01.